The molecule has 0 radical (unpaired) electrons. The predicted molar refractivity (Wildman–Crippen MR) is 164 cm³/mol. The average Bonchev–Trinajstić information content (AvgIpc) is 3.57. The van der Waals surface area contributed by atoms with Crippen molar-refractivity contribution in [1.82, 2.24) is 14.5 Å². The summed E-state index contributed by atoms with van der Waals surface area (Å²) >= 11 is 0. The maximum Gasteiger partial charge on any atom is 0.192 e. The summed E-state index contributed by atoms with van der Waals surface area (Å²) < 4.78 is 28.4. The minimum absolute atomic E-state index is 0.0942. The first-order chi connectivity index (χ1) is 19.4. The van der Waals surface area contributed by atoms with E-state index in [-0.39, 0.29) is 23.4 Å². The van der Waals surface area contributed by atoms with Gasteiger partial charge in [0.15, 0.2) is 20.3 Å². The largest absolute Gasteiger partial charge is 0.414 e. The number of nitrogens with one attached hydrogen (secondary N) is 1. The third-order valence-corrected chi connectivity index (χ3v) is 13.0. The van der Waals surface area contributed by atoms with E-state index in [1.54, 1.807) is 6.33 Å². The number of hydrogen-bond donors (Lipinski definition) is 1. The van der Waals surface area contributed by atoms with Gasteiger partial charge in [-0.1, -0.05) is 69.3 Å². The highest BCUT2D eigenvalue weighted by atomic mass is 28.4. The number of ether oxygens (including phenoxy) is 3. The molecule has 2 saturated heterocycles. The van der Waals surface area contributed by atoms with Gasteiger partial charge in [0, 0.05) is 17.4 Å². The lowest BCUT2D eigenvalue weighted by Gasteiger charge is -2.37. The highest BCUT2D eigenvalue weighted by molar-refractivity contribution is 6.74. The van der Waals surface area contributed by atoms with E-state index in [2.05, 4.69) is 67.1 Å². The Labute approximate surface area is 243 Å². The summed E-state index contributed by atoms with van der Waals surface area (Å²) in [5.41, 5.74) is 3.80. The fraction of sp³-hybridized carbons (Fsp3) is 0.438. The van der Waals surface area contributed by atoms with Crippen LogP contribution in [0.25, 0.3) is 22.2 Å². The monoisotopic (exact) mass is 572 g/mol. The van der Waals surface area contributed by atoms with Crippen molar-refractivity contribution in [1.29, 1.82) is 0 Å². The van der Waals surface area contributed by atoms with Crippen molar-refractivity contribution in [2.75, 3.05) is 11.9 Å². The second-order valence-electron chi connectivity index (χ2n) is 12.9. The highest BCUT2D eigenvalue weighted by Crippen LogP contribution is 2.47. The molecule has 4 atom stereocenters. The molecule has 9 heteroatoms. The molecule has 0 unspecified atom stereocenters. The van der Waals surface area contributed by atoms with Crippen molar-refractivity contribution in [3.8, 4) is 11.1 Å². The lowest BCUT2D eigenvalue weighted by Crippen LogP contribution is -2.44. The molecular weight excluding hydrogens is 532 g/mol. The molecule has 0 amide bonds. The zero-order valence-electron chi connectivity index (χ0n) is 24.9. The van der Waals surface area contributed by atoms with Crippen LogP contribution in [0.2, 0.25) is 18.1 Å². The number of benzene rings is 2. The van der Waals surface area contributed by atoms with Gasteiger partial charge < -0.3 is 28.5 Å². The Morgan fingerprint density at radius 2 is 1.61 bits per heavy atom. The number of para-hydroxylation sites is 1. The Morgan fingerprint density at radius 3 is 2.29 bits per heavy atom. The molecule has 4 heterocycles. The van der Waals surface area contributed by atoms with E-state index in [9.17, 15) is 0 Å². The fourth-order valence-corrected chi connectivity index (χ4v) is 6.41. The van der Waals surface area contributed by atoms with Crippen LogP contribution in [0.4, 0.5) is 11.5 Å². The molecule has 8 nitrogen and oxygen atoms in total. The number of aromatic nitrogens is 3. The molecule has 6 rings (SSSR count). The fourth-order valence-electron chi connectivity index (χ4n) is 5.39. The summed E-state index contributed by atoms with van der Waals surface area (Å²) in [6.07, 6.45) is 2.40. The Kier molecular flexibility index (Phi) is 7.06. The third kappa shape index (κ3) is 5.33. The van der Waals surface area contributed by atoms with Gasteiger partial charge in [0.05, 0.1) is 12.0 Å². The second-order valence-corrected chi connectivity index (χ2v) is 17.7. The van der Waals surface area contributed by atoms with Gasteiger partial charge in [-0.15, -0.1) is 0 Å². The summed E-state index contributed by atoms with van der Waals surface area (Å²) in [5.74, 6) is 0.00220. The van der Waals surface area contributed by atoms with Gasteiger partial charge >= 0.3 is 0 Å². The number of hydrogen-bond acceptors (Lipinski definition) is 7. The van der Waals surface area contributed by atoms with E-state index in [4.69, 9.17) is 23.6 Å². The van der Waals surface area contributed by atoms with Crippen LogP contribution in [0, 0.1) is 0 Å². The van der Waals surface area contributed by atoms with Crippen LogP contribution in [-0.4, -0.2) is 53.6 Å². The van der Waals surface area contributed by atoms with Crippen molar-refractivity contribution >= 4 is 30.9 Å². The van der Waals surface area contributed by atoms with Crippen LogP contribution in [0.1, 0.15) is 40.8 Å². The maximum absolute atomic E-state index is 6.76. The van der Waals surface area contributed by atoms with E-state index in [1.165, 1.54) is 0 Å². The predicted octanol–water partition coefficient (Wildman–Crippen LogP) is 7.28. The number of nitrogens with zero attached hydrogens (tertiary/aromatic N) is 3. The van der Waals surface area contributed by atoms with Gasteiger partial charge in [-0.2, -0.15) is 0 Å². The van der Waals surface area contributed by atoms with Gasteiger partial charge in [-0.05, 0) is 49.7 Å². The van der Waals surface area contributed by atoms with Crippen molar-refractivity contribution in [2.45, 2.75) is 83.1 Å². The van der Waals surface area contributed by atoms with Crippen LogP contribution in [0.15, 0.2) is 73.2 Å². The molecule has 0 spiro atoms. The minimum Gasteiger partial charge on any atom is -0.414 e. The molecule has 41 heavy (non-hydrogen) atoms. The van der Waals surface area contributed by atoms with E-state index < -0.39 is 20.3 Å². The zero-order valence-corrected chi connectivity index (χ0v) is 25.9. The van der Waals surface area contributed by atoms with E-state index >= 15 is 0 Å². The summed E-state index contributed by atoms with van der Waals surface area (Å²) in [7, 11) is -1.99. The van der Waals surface area contributed by atoms with Gasteiger partial charge in [0.25, 0.3) is 0 Å². The van der Waals surface area contributed by atoms with Gasteiger partial charge in [-0.25, -0.2) is 9.97 Å². The molecule has 0 saturated carbocycles. The Morgan fingerprint density at radius 1 is 0.951 bits per heavy atom. The minimum atomic E-state index is -1.99. The van der Waals surface area contributed by atoms with Gasteiger partial charge in [0.2, 0.25) is 0 Å². The van der Waals surface area contributed by atoms with E-state index in [0.29, 0.717) is 6.61 Å². The zero-order chi connectivity index (χ0) is 29.0. The standard InChI is InChI=1S/C32H40N4O4Si/c1-31(2,3)41(6,7)37-19-24-26-27(40-32(4,5)39-26)30(38-24)36-18-23(21-14-10-8-11-15-21)25-28(33-20-34-29(25)36)35-22-16-12-9-13-17-22/h8-18,20,24,26-27,30H,19H2,1-7H3,(H,33,34,35)/t24-,26-,27-,30-/m1/s1. The normalized spacial score (nSPS) is 24.1. The van der Waals surface area contributed by atoms with Gasteiger partial charge in [-0.3, -0.25) is 0 Å². The highest BCUT2D eigenvalue weighted by Gasteiger charge is 2.56. The number of rotatable bonds is 7. The van der Waals surface area contributed by atoms with Crippen LogP contribution in [-0.2, 0) is 18.6 Å². The summed E-state index contributed by atoms with van der Waals surface area (Å²) in [5, 5.41) is 4.52. The molecular formula is C32H40N4O4Si. The maximum atomic E-state index is 6.76. The quantitative estimate of drug-likeness (QED) is 0.233. The molecule has 2 aromatic heterocycles. The topological polar surface area (TPSA) is 79.7 Å². The molecule has 2 fully saturated rings. The van der Waals surface area contributed by atoms with Crippen LogP contribution >= 0.6 is 0 Å². The molecule has 2 aliphatic heterocycles. The molecule has 0 bridgehead atoms. The summed E-state index contributed by atoms with van der Waals surface area (Å²) in [4.78, 5) is 9.44. The Hall–Kier alpha value is -3.08. The van der Waals surface area contributed by atoms with E-state index in [0.717, 1.165) is 33.7 Å². The van der Waals surface area contributed by atoms with Gasteiger partial charge in [0.1, 0.15) is 36.1 Å². The first kappa shape index (κ1) is 28.1. The second kappa shape index (κ2) is 10.3. The molecule has 216 valence electrons. The Bertz CT molecular complexity index is 1520. The smallest absolute Gasteiger partial charge is 0.192 e. The Balaban J connectivity index is 1.42. The summed E-state index contributed by atoms with van der Waals surface area (Å²) in [6, 6.07) is 20.4. The molecule has 2 aromatic carbocycles. The van der Waals surface area contributed by atoms with Crippen molar-refractivity contribution in [3.05, 3.63) is 73.2 Å². The summed E-state index contributed by atoms with van der Waals surface area (Å²) in [6.45, 7) is 15.6. The first-order valence-corrected chi connectivity index (χ1v) is 17.2. The van der Waals surface area contributed by atoms with Crippen LogP contribution in [0.3, 0.4) is 0 Å². The molecule has 2 aliphatic rings. The van der Waals surface area contributed by atoms with Crippen molar-refractivity contribution < 1.29 is 18.6 Å². The first-order valence-electron chi connectivity index (χ1n) is 14.3. The SMILES string of the molecule is CC1(C)O[C@@H]2[C@H](O1)[C@@H](CO[Si](C)(C)C(C)(C)C)O[C@H]2n1cc(-c2ccccc2)c2c(Nc3ccccc3)ncnc21. The third-order valence-electron chi connectivity index (χ3n) is 8.54. The van der Waals surface area contributed by atoms with Crippen LogP contribution in [0.5, 0.6) is 0 Å². The number of fused-ring (bicyclic) bond motifs is 2. The van der Waals surface area contributed by atoms with Crippen molar-refractivity contribution in [3.63, 3.8) is 0 Å². The van der Waals surface area contributed by atoms with E-state index in [1.807, 2.05) is 62.4 Å². The number of anilines is 2. The lowest BCUT2D eigenvalue weighted by atomic mass is 10.1. The lowest BCUT2D eigenvalue weighted by molar-refractivity contribution is -0.199. The molecule has 0 aliphatic carbocycles. The average molecular weight is 573 g/mol. The molecule has 1 N–H and O–H groups in total. The van der Waals surface area contributed by atoms with Crippen LogP contribution < -0.4 is 5.32 Å². The molecule has 4 aromatic rings. The van der Waals surface area contributed by atoms with Crippen molar-refractivity contribution in [2.24, 2.45) is 0 Å².